The molecule has 0 aliphatic heterocycles. The van der Waals surface area contributed by atoms with Crippen LogP contribution in [-0.2, 0) is 16.6 Å². The molecule has 0 N–H and O–H groups in total. The molecule has 0 aliphatic carbocycles. The van der Waals surface area contributed by atoms with Crippen molar-refractivity contribution in [1.29, 1.82) is 0 Å². The zero-order valence-corrected chi connectivity index (χ0v) is 12.4. The van der Waals surface area contributed by atoms with Gasteiger partial charge in [0.15, 0.2) is 0 Å². The van der Waals surface area contributed by atoms with Crippen molar-refractivity contribution in [3.8, 4) is 0 Å². The van der Waals surface area contributed by atoms with Crippen molar-refractivity contribution < 1.29 is 13.1 Å². The van der Waals surface area contributed by atoms with Gasteiger partial charge in [-0.25, -0.2) is 8.42 Å². The molecule has 20 heavy (non-hydrogen) atoms. The minimum Gasteiger partial charge on any atom is -0.439 e. The van der Waals surface area contributed by atoms with Crippen molar-refractivity contribution >= 4 is 10.0 Å². The van der Waals surface area contributed by atoms with Crippen LogP contribution in [0.4, 0.5) is 0 Å². The van der Waals surface area contributed by atoms with E-state index in [0.29, 0.717) is 0 Å². The second kappa shape index (κ2) is 6.04. The molecule has 2 aromatic rings. The van der Waals surface area contributed by atoms with Crippen LogP contribution >= 0.6 is 0 Å². The van der Waals surface area contributed by atoms with Crippen molar-refractivity contribution in [2.24, 2.45) is 0 Å². The molecule has 1 heterocycles. The molecule has 1 aromatic heterocycles. The Morgan fingerprint density at radius 1 is 1.30 bits per heavy atom. The van der Waals surface area contributed by atoms with Crippen LogP contribution in [0.3, 0.4) is 0 Å². The van der Waals surface area contributed by atoms with Crippen LogP contribution in [0.1, 0.15) is 25.3 Å². The third-order valence-electron chi connectivity index (χ3n) is 2.83. The van der Waals surface area contributed by atoms with E-state index in [0.717, 1.165) is 24.9 Å². The Bertz CT molecular complexity index is 662. The average molecular weight is 294 g/mol. The molecule has 1 aromatic carbocycles. The van der Waals surface area contributed by atoms with E-state index in [4.69, 9.17) is 0 Å². The Labute approximate surface area is 119 Å². The molecule has 0 spiro atoms. The first-order chi connectivity index (χ1) is 9.51. The number of hydrogen-bond donors (Lipinski definition) is 0. The van der Waals surface area contributed by atoms with Gasteiger partial charge in [0, 0.05) is 5.10 Å². The average Bonchev–Trinajstić information content (AvgIpc) is 2.83. The van der Waals surface area contributed by atoms with Gasteiger partial charge in [-0.15, -0.1) is 4.68 Å². The second-order valence-corrected chi connectivity index (χ2v) is 6.20. The SMILES string of the molecule is CCCCn1c[n+]([N-]S(=O)(=O)c2ccc(C)cc2)cn1. The zero-order valence-electron chi connectivity index (χ0n) is 11.6. The molecule has 0 fully saturated rings. The van der Waals surface area contributed by atoms with Crippen LogP contribution in [0.5, 0.6) is 0 Å². The largest absolute Gasteiger partial charge is 0.439 e. The van der Waals surface area contributed by atoms with Gasteiger partial charge in [-0.3, -0.25) is 4.68 Å². The Hall–Kier alpha value is -1.89. The lowest BCUT2D eigenvalue weighted by molar-refractivity contribution is -0.614. The number of aryl methyl sites for hydroxylation is 2. The molecule has 0 aliphatic rings. The Kier molecular flexibility index (Phi) is 4.39. The molecule has 0 saturated carbocycles. The van der Waals surface area contributed by atoms with Gasteiger partial charge in [-0.05, 0) is 25.5 Å². The molecule has 2 rings (SSSR count). The third kappa shape index (κ3) is 3.57. The van der Waals surface area contributed by atoms with Gasteiger partial charge in [-0.2, -0.15) is 0 Å². The topological polar surface area (TPSA) is 69.9 Å². The first-order valence-corrected chi connectivity index (χ1v) is 7.94. The Morgan fingerprint density at radius 3 is 2.65 bits per heavy atom. The number of aromatic nitrogens is 3. The molecule has 108 valence electrons. The molecule has 0 unspecified atom stereocenters. The molecule has 0 atom stereocenters. The molecule has 0 saturated heterocycles. The number of hydrogen-bond acceptors (Lipinski definition) is 3. The standard InChI is InChI=1S/C13H18N4O2S/c1-3-4-9-16-11-17(10-14-16)15-20(18,19)13-7-5-12(2)6-8-13/h5-8,10-11H,3-4,9H2,1-2H3. The van der Waals surface area contributed by atoms with E-state index in [-0.39, 0.29) is 4.90 Å². The van der Waals surface area contributed by atoms with Gasteiger partial charge < -0.3 is 4.83 Å². The predicted molar refractivity (Wildman–Crippen MR) is 74.5 cm³/mol. The summed E-state index contributed by atoms with van der Waals surface area (Å²) in [6.45, 7) is 4.74. The summed E-state index contributed by atoms with van der Waals surface area (Å²) in [6, 6.07) is 6.60. The van der Waals surface area contributed by atoms with Crippen molar-refractivity contribution in [1.82, 2.24) is 9.78 Å². The highest BCUT2D eigenvalue weighted by molar-refractivity contribution is 7.93. The van der Waals surface area contributed by atoms with Gasteiger partial charge in [0.25, 0.3) is 6.33 Å². The Morgan fingerprint density at radius 2 is 2.00 bits per heavy atom. The van der Waals surface area contributed by atoms with Crippen LogP contribution in [0.25, 0.3) is 4.83 Å². The van der Waals surface area contributed by atoms with Gasteiger partial charge in [0.2, 0.25) is 6.33 Å². The van der Waals surface area contributed by atoms with E-state index >= 15 is 0 Å². The minimum absolute atomic E-state index is 0.178. The van der Waals surface area contributed by atoms with Crippen LogP contribution in [-0.4, -0.2) is 18.2 Å². The number of rotatable bonds is 6. The maximum Gasteiger partial charge on any atom is 0.255 e. The van der Waals surface area contributed by atoms with E-state index in [1.165, 1.54) is 11.0 Å². The fourth-order valence-electron chi connectivity index (χ4n) is 1.67. The molecule has 6 nitrogen and oxygen atoms in total. The van der Waals surface area contributed by atoms with Gasteiger partial charge >= 0.3 is 0 Å². The van der Waals surface area contributed by atoms with Crippen molar-refractivity contribution in [3.05, 3.63) is 47.3 Å². The second-order valence-electron chi connectivity index (χ2n) is 4.61. The molecule has 0 radical (unpaired) electrons. The highest BCUT2D eigenvalue weighted by Gasteiger charge is 2.08. The van der Waals surface area contributed by atoms with E-state index in [9.17, 15) is 8.42 Å². The summed E-state index contributed by atoms with van der Waals surface area (Å²) in [5.41, 5.74) is 1.00. The van der Waals surface area contributed by atoms with Crippen molar-refractivity contribution in [2.75, 3.05) is 0 Å². The quantitative estimate of drug-likeness (QED) is 0.763. The lowest BCUT2D eigenvalue weighted by atomic mass is 10.2. The fraction of sp³-hybridized carbons (Fsp3) is 0.385. The number of nitrogens with zero attached hydrogens (tertiary/aromatic N) is 4. The monoisotopic (exact) mass is 294 g/mol. The summed E-state index contributed by atoms with van der Waals surface area (Å²) >= 11 is 0. The molecule has 0 bridgehead atoms. The van der Waals surface area contributed by atoms with Crippen LogP contribution in [0.2, 0.25) is 0 Å². The lowest BCUT2D eigenvalue weighted by Gasteiger charge is -2.17. The fourth-order valence-corrected chi connectivity index (χ4v) is 2.58. The van der Waals surface area contributed by atoms with Gasteiger partial charge in [0.05, 0.1) is 4.90 Å². The smallest absolute Gasteiger partial charge is 0.255 e. The van der Waals surface area contributed by atoms with Gasteiger partial charge in [-0.1, -0.05) is 31.0 Å². The summed E-state index contributed by atoms with van der Waals surface area (Å²) in [6.07, 6.45) is 5.01. The highest BCUT2D eigenvalue weighted by atomic mass is 32.2. The van der Waals surface area contributed by atoms with Gasteiger partial charge in [0.1, 0.15) is 16.6 Å². The minimum atomic E-state index is -3.70. The molecule has 0 amide bonds. The number of unbranched alkanes of at least 4 members (excludes halogenated alkanes) is 1. The Balaban J connectivity index is 2.12. The molecule has 7 heteroatoms. The third-order valence-corrected chi connectivity index (χ3v) is 4.10. The first-order valence-electron chi connectivity index (χ1n) is 6.50. The van der Waals surface area contributed by atoms with Crippen LogP contribution in [0, 0.1) is 6.92 Å². The van der Waals surface area contributed by atoms with E-state index < -0.39 is 10.0 Å². The van der Waals surface area contributed by atoms with E-state index in [1.807, 2.05) is 6.92 Å². The maximum atomic E-state index is 12.1. The summed E-state index contributed by atoms with van der Waals surface area (Å²) in [7, 11) is -3.70. The molecular formula is C13H18N4O2S. The summed E-state index contributed by atoms with van der Waals surface area (Å²) < 4.78 is 27.1. The first kappa shape index (κ1) is 14.5. The maximum absolute atomic E-state index is 12.1. The van der Waals surface area contributed by atoms with E-state index in [2.05, 4.69) is 16.9 Å². The summed E-state index contributed by atoms with van der Waals surface area (Å²) in [4.78, 5) is 3.90. The zero-order chi connectivity index (χ0) is 14.6. The highest BCUT2D eigenvalue weighted by Crippen LogP contribution is 2.14. The number of sulfonamides is 1. The number of benzene rings is 1. The van der Waals surface area contributed by atoms with Crippen LogP contribution < -0.4 is 4.68 Å². The predicted octanol–water partition coefficient (Wildman–Crippen LogP) is 1.80. The van der Waals surface area contributed by atoms with Crippen molar-refractivity contribution in [2.45, 2.75) is 38.1 Å². The lowest BCUT2D eigenvalue weighted by Crippen LogP contribution is -2.29. The summed E-state index contributed by atoms with van der Waals surface area (Å²) in [5.74, 6) is 0. The van der Waals surface area contributed by atoms with E-state index in [1.54, 1.807) is 35.3 Å². The van der Waals surface area contributed by atoms with Crippen LogP contribution in [0.15, 0.2) is 41.8 Å². The normalized spacial score (nSPS) is 11.5. The molecular weight excluding hydrogens is 276 g/mol. The van der Waals surface area contributed by atoms with Crippen molar-refractivity contribution in [3.63, 3.8) is 0 Å². The summed E-state index contributed by atoms with van der Waals surface area (Å²) in [5, 5.41) is 4.07.